The minimum atomic E-state index is -0.868. The van der Waals surface area contributed by atoms with E-state index in [1.807, 2.05) is 6.07 Å². The Morgan fingerprint density at radius 2 is 2.31 bits per heavy atom. The summed E-state index contributed by atoms with van der Waals surface area (Å²) in [7, 11) is 0. The molecule has 5 heteroatoms. The van der Waals surface area contributed by atoms with Gasteiger partial charge in [-0.2, -0.15) is 9.65 Å². The third-order valence-electron chi connectivity index (χ3n) is 2.04. The van der Waals surface area contributed by atoms with Gasteiger partial charge in [-0.1, -0.05) is 12.2 Å². The first-order valence-corrected chi connectivity index (χ1v) is 4.54. The Morgan fingerprint density at radius 3 is 2.88 bits per heavy atom. The molecule has 0 aliphatic heterocycles. The van der Waals surface area contributed by atoms with E-state index in [0.29, 0.717) is 11.1 Å². The third-order valence-corrected chi connectivity index (χ3v) is 2.04. The fraction of sp³-hybridized carbons (Fsp3) is 0.182. The van der Waals surface area contributed by atoms with Crippen LogP contribution in [0.5, 0.6) is 0 Å². The molecular weight excluding hydrogens is 211 g/mol. The van der Waals surface area contributed by atoms with Crippen LogP contribution in [0.15, 0.2) is 18.2 Å². The zero-order chi connectivity index (χ0) is 12.1. The van der Waals surface area contributed by atoms with E-state index in [2.05, 4.69) is 0 Å². The molecule has 0 aromatic heterocycles. The molecule has 0 bridgehead atoms. The van der Waals surface area contributed by atoms with Crippen LogP contribution in [-0.2, 0) is 0 Å². The number of rotatable bonds is 3. The third kappa shape index (κ3) is 2.64. The van der Waals surface area contributed by atoms with Crippen molar-refractivity contribution < 1.29 is 9.31 Å². The molecule has 0 radical (unpaired) electrons. The number of halogens is 1. The lowest BCUT2D eigenvalue weighted by molar-refractivity contribution is -0.387. The average molecular weight is 220 g/mol. The number of aryl methyl sites for hydroxylation is 1. The van der Waals surface area contributed by atoms with Crippen molar-refractivity contribution in [1.82, 2.24) is 0 Å². The minimum Gasteiger partial charge on any atom is -0.258 e. The minimum absolute atomic E-state index is 0.220. The van der Waals surface area contributed by atoms with E-state index in [4.69, 9.17) is 5.26 Å². The van der Waals surface area contributed by atoms with Gasteiger partial charge in [0.2, 0.25) is 5.82 Å². The Bertz CT molecular complexity index is 489. The predicted molar refractivity (Wildman–Crippen MR) is 57.1 cm³/mol. The van der Waals surface area contributed by atoms with E-state index in [1.165, 1.54) is 6.07 Å². The van der Waals surface area contributed by atoms with Crippen LogP contribution in [0.1, 0.15) is 17.5 Å². The van der Waals surface area contributed by atoms with Crippen LogP contribution in [0.3, 0.4) is 0 Å². The first-order chi connectivity index (χ1) is 7.56. The number of hydrogen-bond donors (Lipinski definition) is 0. The van der Waals surface area contributed by atoms with Crippen molar-refractivity contribution in [3.8, 4) is 6.07 Å². The molecule has 0 saturated carbocycles. The molecule has 0 N–H and O–H groups in total. The summed E-state index contributed by atoms with van der Waals surface area (Å²) in [5.74, 6) is -0.868. The van der Waals surface area contributed by atoms with E-state index < -0.39 is 16.4 Å². The summed E-state index contributed by atoms with van der Waals surface area (Å²) in [5, 5.41) is 18.8. The fourth-order valence-corrected chi connectivity index (χ4v) is 1.24. The van der Waals surface area contributed by atoms with Gasteiger partial charge in [-0.25, -0.2) is 0 Å². The summed E-state index contributed by atoms with van der Waals surface area (Å²) in [4.78, 5) is 9.69. The number of nitrogens with zero attached hydrogens (tertiary/aromatic N) is 2. The molecule has 0 heterocycles. The van der Waals surface area contributed by atoms with Gasteiger partial charge in [-0.05, 0) is 24.1 Å². The van der Waals surface area contributed by atoms with Crippen LogP contribution >= 0.6 is 0 Å². The van der Waals surface area contributed by atoms with Crippen LogP contribution in [0.2, 0.25) is 0 Å². The molecule has 1 aromatic rings. The van der Waals surface area contributed by atoms with Crippen molar-refractivity contribution in [2.75, 3.05) is 0 Å². The zero-order valence-electron chi connectivity index (χ0n) is 8.61. The molecule has 0 spiro atoms. The van der Waals surface area contributed by atoms with Gasteiger partial charge in [0, 0.05) is 6.07 Å². The number of nitriles is 1. The molecule has 1 aromatic carbocycles. The monoisotopic (exact) mass is 220 g/mol. The Morgan fingerprint density at radius 1 is 1.62 bits per heavy atom. The van der Waals surface area contributed by atoms with Gasteiger partial charge in [0.1, 0.15) is 0 Å². The van der Waals surface area contributed by atoms with E-state index >= 15 is 0 Å². The standard InChI is InChI=1S/C11H9FN2O2/c1-8-6-11(14(15)16)10(12)7-9(8)4-2-3-5-13/h2,4,6-7H,3H2,1H3. The number of hydrogen-bond acceptors (Lipinski definition) is 3. The van der Waals surface area contributed by atoms with Gasteiger partial charge in [0.05, 0.1) is 17.4 Å². The van der Waals surface area contributed by atoms with Crippen LogP contribution in [0.25, 0.3) is 6.08 Å². The highest BCUT2D eigenvalue weighted by atomic mass is 19.1. The fourth-order valence-electron chi connectivity index (χ4n) is 1.24. The van der Waals surface area contributed by atoms with Gasteiger partial charge >= 0.3 is 5.69 Å². The maximum Gasteiger partial charge on any atom is 0.305 e. The van der Waals surface area contributed by atoms with Crippen LogP contribution < -0.4 is 0 Å². The molecule has 0 aliphatic rings. The number of nitro groups is 1. The molecule has 0 fully saturated rings. The van der Waals surface area contributed by atoms with Crippen LogP contribution in [-0.4, -0.2) is 4.92 Å². The highest BCUT2D eigenvalue weighted by Crippen LogP contribution is 2.22. The lowest BCUT2D eigenvalue weighted by Crippen LogP contribution is -1.94. The first-order valence-electron chi connectivity index (χ1n) is 4.54. The molecule has 0 amide bonds. The van der Waals surface area contributed by atoms with Crippen molar-refractivity contribution >= 4 is 11.8 Å². The van der Waals surface area contributed by atoms with Crippen molar-refractivity contribution in [2.45, 2.75) is 13.3 Å². The lowest BCUT2D eigenvalue weighted by Gasteiger charge is -2.01. The molecule has 0 aliphatic carbocycles. The van der Waals surface area contributed by atoms with Gasteiger partial charge in [-0.15, -0.1) is 0 Å². The van der Waals surface area contributed by atoms with Gasteiger partial charge in [-0.3, -0.25) is 10.1 Å². The zero-order valence-corrected chi connectivity index (χ0v) is 8.61. The van der Waals surface area contributed by atoms with E-state index in [9.17, 15) is 14.5 Å². The smallest absolute Gasteiger partial charge is 0.258 e. The Balaban J connectivity index is 3.11. The Kier molecular flexibility index (Phi) is 3.72. The Labute approximate surface area is 91.8 Å². The average Bonchev–Trinajstić information content (AvgIpc) is 2.22. The summed E-state index contributed by atoms with van der Waals surface area (Å²) < 4.78 is 13.2. The van der Waals surface area contributed by atoms with Gasteiger partial charge < -0.3 is 0 Å². The highest BCUT2D eigenvalue weighted by molar-refractivity contribution is 5.57. The SMILES string of the molecule is Cc1cc([N+](=O)[O-])c(F)cc1C=CCC#N. The molecular formula is C11H9FN2O2. The second-order valence-corrected chi connectivity index (χ2v) is 3.18. The van der Waals surface area contributed by atoms with Gasteiger partial charge in [0.15, 0.2) is 0 Å². The topological polar surface area (TPSA) is 66.9 Å². The summed E-state index contributed by atoms with van der Waals surface area (Å²) in [6.45, 7) is 1.65. The van der Waals surface area contributed by atoms with E-state index in [1.54, 1.807) is 19.1 Å². The van der Waals surface area contributed by atoms with E-state index in [0.717, 1.165) is 6.07 Å². The van der Waals surface area contributed by atoms with Gasteiger partial charge in [0.25, 0.3) is 0 Å². The van der Waals surface area contributed by atoms with Crippen LogP contribution in [0, 0.1) is 34.2 Å². The molecule has 0 atom stereocenters. The van der Waals surface area contributed by atoms with Crippen molar-refractivity contribution in [1.29, 1.82) is 5.26 Å². The maximum atomic E-state index is 13.2. The molecule has 82 valence electrons. The van der Waals surface area contributed by atoms with Crippen molar-refractivity contribution in [3.63, 3.8) is 0 Å². The second-order valence-electron chi connectivity index (χ2n) is 3.18. The molecule has 16 heavy (non-hydrogen) atoms. The second kappa shape index (κ2) is 5.03. The summed E-state index contributed by atoms with van der Waals surface area (Å²) in [5.41, 5.74) is 0.607. The van der Waals surface area contributed by atoms with E-state index in [-0.39, 0.29) is 6.42 Å². The summed E-state index contributed by atoms with van der Waals surface area (Å²) in [6.07, 6.45) is 3.37. The predicted octanol–water partition coefficient (Wildman–Crippen LogP) is 2.97. The van der Waals surface area contributed by atoms with Crippen molar-refractivity contribution in [3.05, 3.63) is 45.3 Å². The molecule has 4 nitrogen and oxygen atoms in total. The number of allylic oxidation sites excluding steroid dienone is 1. The lowest BCUT2D eigenvalue weighted by atomic mass is 10.1. The quantitative estimate of drug-likeness (QED) is 0.580. The summed E-state index contributed by atoms with van der Waals surface area (Å²) >= 11 is 0. The molecule has 0 saturated heterocycles. The van der Waals surface area contributed by atoms with Crippen molar-refractivity contribution in [2.24, 2.45) is 0 Å². The highest BCUT2D eigenvalue weighted by Gasteiger charge is 2.15. The number of benzene rings is 1. The van der Waals surface area contributed by atoms with Crippen LogP contribution in [0.4, 0.5) is 10.1 Å². The normalized spacial score (nSPS) is 10.3. The number of nitro benzene ring substituents is 1. The maximum absolute atomic E-state index is 13.2. The Hall–Kier alpha value is -2.22. The molecule has 0 unspecified atom stereocenters. The largest absolute Gasteiger partial charge is 0.305 e. The molecule has 1 rings (SSSR count). The first kappa shape index (κ1) is 11.9. The summed E-state index contributed by atoms with van der Waals surface area (Å²) in [6, 6.07) is 4.19.